The summed E-state index contributed by atoms with van der Waals surface area (Å²) in [7, 11) is 0. The lowest BCUT2D eigenvalue weighted by Gasteiger charge is -2.32. The first-order chi connectivity index (χ1) is 12.5. The molecular weight excluding hydrogens is 342 g/mol. The summed E-state index contributed by atoms with van der Waals surface area (Å²) in [6, 6.07) is 12.1. The second kappa shape index (κ2) is 6.72. The smallest absolute Gasteiger partial charge is 0.263 e. The average molecular weight is 366 g/mol. The molecule has 26 heavy (non-hydrogen) atoms. The lowest BCUT2D eigenvalue weighted by Crippen LogP contribution is -2.37. The molecule has 1 aliphatic heterocycles. The fraction of sp³-hybridized carbons (Fsp3) is 0.333. The highest BCUT2D eigenvalue weighted by molar-refractivity contribution is 7.14. The van der Waals surface area contributed by atoms with Crippen molar-refractivity contribution in [2.24, 2.45) is 0 Å². The number of fused-ring (bicyclic) bond motifs is 1. The number of nitrogens with zero attached hydrogens (tertiary/aromatic N) is 2. The number of carbonyl (C=O) groups is 1. The molecule has 0 bridgehead atoms. The van der Waals surface area contributed by atoms with Crippen molar-refractivity contribution in [3.63, 3.8) is 0 Å². The second-order valence-corrected chi connectivity index (χ2v) is 8.33. The van der Waals surface area contributed by atoms with Crippen molar-refractivity contribution in [1.29, 1.82) is 0 Å². The van der Waals surface area contributed by atoms with Crippen molar-refractivity contribution in [1.82, 2.24) is 9.88 Å². The lowest BCUT2D eigenvalue weighted by molar-refractivity contribution is 0.0717. The van der Waals surface area contributed by atoms with Gasteiger partial charge in [-0.25, -0.2) is 0 Å². The number of thiophene rings is 1. The Kier molecular flexibility index (Phi) is 4.41. The van der Waals surface area contributed by atoms with Crippen molar-refractivity contribution >= 4 is 33.8 Å². The Morgan fingerprint density at radius 2 is 1.92 bits per heavy atom. The molecule has 3 aromatic rings. The van der Waals surface area contributed by atoms with Crippen LogP contribution < -0.4 is 5.73 Å². The fourth-order valence-corrected chi connectivity index (χ4v) is 4.67. The summed E-state index contributed by atoms with van der Waals surface area (Å²) >= 11 is 1.59. The highest BCUT2D eigenvalue weighted by Gasteiger charge is 2.27. The van der Waals surface area contributed by atoms with E-state index in [2.05, 4.69) is 13.8 Å². The predicted octanol–water partition coefficient (Wildman–Crippen LogP) is 4.52. The van der Waals surface area contributed by atoms with E-state index in [0.29, 0.717) is 5.92 Å². The van der Waals surface area contributed by atoms with Crippen LogP contribution in [0.25, 0.3) is 10.9 Å². The zero-order valence-corrected chi connectivity index (χ0v) is 16.0. The van der Waals surface area contributed by atoms with Crippen LogP contribution in [0.5, 0.6) is 0 Å². The molecule has 1 aliphatic rings. The van der Waals surface area contributed by atoms with Crippen LogP contribution >= 0.6 is 11.3 Å². The van der Waals surface area contributed by atoms with Crippen LogP contribution in [0.1, 0.15) is 44.6 Å². The first-order valence-corrected chi connectivity index (χ1v) is 9.86. The summed E-state index contributed by atoms with van der Waals surface area (Å²) in [4.78, 5) is 21.6. The summed E-state index contributed by atoms with van der Waals surface area (Å²) in [6.07, 6.45) is 1.81. The Balaban J connectivity index is 1.50. The topological polar surface area (TPSA) is 59.2 Å². The van der Waals surface area contributed by atoms with Gasteiger partial charge in [-0.05, 0) is 50.5 Å². The summed E-state index contributed by atoms with van der Waals surface area (Å²) in [5.41, 5.74) is 10.2. The molecule has 1 fully saturated rings. The number of para-hydroxylation sites is 1. The van der Waals surface area contributed by atoms with Crippen LogP contribution in [0.3, 0.4) is 0 Å². The van der Waals surface area contributed by atoms with E-state index in [1.54, 1.807) is 11.3 Å². The number of anilines is 1. The van der Waals surface area contributed by atoms with E-state index < -0.39 is 0 Å². The monoisotopic (exact) mass is 365 g/mol. The van der Waals surface area contributed by atoms with E-state index in [0.717, 1.165) is 53.1 Å². The van der Waals surface area contributed by atoms with Crippen LogP contribution in [-0.4, -0.2) is 28.9 Å². The average Bonchev–Trinajstić information content (AvgIpc) is 2.99. The van der Waals surface area contributed by atoms with E-state index >= 15 is 0 Å². The Morgan fingerprint density at radius 1 is 1.19 bits per heavy atom. The van der Waals surface area contributed by atoms with Gasteiger partial charge in [-0.15, -0.1) is 11.3 Å². The summed E-state index contributed by atoms with van der Waals surface area (Å²) < 4.78 is 0. The number of hydrogen-bond donors (Lipinski definition) is 1. The van der Waals surface area contributed by atoms with Gasteiger partial charge in [0, 0.05) is 29.3 Å². The third-order valence-corrected chi connectivity index (χ3v) is 6.47. The van der Waals surface area contributed by atoms with Gasteiger partial charge in [0.25, 0.3) is 5.91 Å². The molecule has 1 amide bonds. The van der Waals surface area contributed by atoms with Crippen LogP contribution in [0.2, 0.25) is 0 Å². The normalized spacial score (nSPS) is 15.5. The van der Waals surface area contributed by atoms with Crippen molar-refractivity contribution in [2.75, 3.05) is 18.8 Å². The third-order valence-electron chi connectivity index (χ3n) is 5.33. The van der Waals surface area contributed by atoms with Gasteiger partial charge in [0.05, 0.1) is 21.8 Å². The third kappa shape index (κ3) is 3.07. The molecule has 3 heterocycles. The zero-order chi connectivity index (χ0) is 18.3. The summed E-state index contributed by atoms with van der Waals surface area (Å²) in [5.74, 6) is 0.472. The molecule has 2 aromatic heterocycles. The van der Waals surface area contributed by atoms with Crippen molar-refractivity contribution < 1.29 is 4.79 Å². The SMILES string of the molecule is Cc1cc(C(=O)N2CCC(c3nc4ccccc4cc3N)CC2)sc1C. The number of benzene rings is 1. The highest BCUT2D eigenvalue weighted by atomic mass is 32.1. The maximum atomic E-state index is 12.7. The largest absolute Gasteiger partial charge is 0.397 e. The number of nitrogen functional groups attached to an aromatic ring is 1. The van der Waals surface area contributed by atoms with E-state index in [1.165, 1.54) is 10.4 Å². The van der Waals surface area contributed by atoms with E-state index in [4.69, 9.17) is 10.7 Å². The number of nitrogens with two attached hydrogens (primary N) is 1. The Labute approximate surface area is 157 Å². The van der Waals surface area contributed by atoms with Crippen molar-refractivity contribution in [3.8, 4) is 0 Å². The number of carbonyl (C=O) groups excluding carboxylic acids is 1. The van der Waals surface area contributed by atoms with E-state index in [1.807, 2.05) is 41.3 Å². The van der Waals surface area contributed by atoms with Gasteiger partial charge in [0.1, 0.15) is 0 Å². The van der Waals surface area contributed by atoms with Gasteiger partial charge < -0.3 is 10.6 Å². The zero-order valence-electron chi connectivity index (χ0n) is 15.2. The number of hydrogen-bond acceptors (Lipinski definition) is 4. The first-order valence-electron chi connectivity index (χ1n) is 9.04. The van der Waals surface area contributed by atoms with Crippen LogP contribution in [0.4, 0.5) is 5.69 Å². The fourth-order valence-electron chi connectivity index (χ4n) is 3.66. The maximum absolute atomic E-state index is 12.7. The van der Waals surface area contributed by atoms with Crippen LogP contribution in [0, 0.1) is 13.8 Å². The molecule has 0 radical (unpaired) electrons. The molecule has 0 atom stereocenters. The Bertz CT molecular complexity index is 951. The molecule has 4 nitrogen and oxygen atoms in total. The molecule has 5 heteroatoms. The van der Waals surface area contributed by atoms with E-state index in [-0.39, 0.29) is 5.91 Å². The number of rotatable bonds is 2. The van der Waals surface area contributed by atoms with Gasteiger partial charge >= 0.3 is 0 Å². The van der Waals surface area contributed by atoms with Gasteiger partial charge in [0.15, 0.2) is 0 Å². The van der Waals surface area contributed by atoms with Gasteiger partial charge in [-0.1, -0.05) is 18.2 Å². The molecule has 1 saturated heterocycles. The second-order valence-electron chi connectivity index (χ2n) is 7.07. The number of aromatic nitrogens is 1. The van der Waals surface area contributed by atoms with Crippen molar-refractivity contribution in [2.45, 2.75) is 32.6 Å². The van der Waals surface area contributed by atoms with Crippen LogP contribution in [0.15, 0.2) is 36.4 Å². The molecule has 2 N–H and O–H groups in total. The molecule has 1 aromatic carbocycles. The number of piperidine rings is 1. The number of likely N-dealkylation sites (tertiary alicyclic amines) is 1. The number of amides is 1. The minimum Gasteiger partial charge on any atom is -0.397 e. The summed E-state index contributed by atoms with van der Waals surface area (Å²) in [5, 5.41) is 1.07. The minimum absolute atomic E-state index is 0.157. The molecule has 0 aliphatic carbocycles. The first kappa shape index (κ1) is 17.0. The van der Waals surface area contributed by atoms with Crippen LogP contribution in [-0.2, 0) is 0 Å². The van der Waals surface area contributed by atoms with Gasteiger partial charge in [-0.3, -0.25) is 9.78 Å². The number of pyridine rings is 1. The maximum Gasteiger partial charge on any atom is 0.263 e. The highest BCUT2D eigenvalue weighted by Crippen LogP contribution is 2.33. The lowest BCUT2D eigenvalue weighted by atomic mass is 9.91. The predicted molar refractivity (Wildman–Crippen MR) is 108 cm³/mol. The Morgan fingerprint density at radius 3 is 2.62 bits per heavy atom. The Hall–Kier alpha value is -2.40. The standard InChI is InChI=1S/C21H23N3OS/c1-13-11-19(26-14(13)2)21(25)24-9-7-15(8-10-24)20-17(22)12-16-5-3-4-6-18(16)23-20/h3-6,11-12,15H,7-10,22H2,1-2H3. The number of aryl methyl sites for hydroxylation is 2. The van der Waals surface area contributed by atoms with Crippen molar-refractivity contribution in [3.05, 3.63) is 57.4 Å². The minimum atomic E-state index is 0.157. The molecule has 134 valence electrons. The molecule has 4 rings (SSSR count). The molecule has 0 unspecified atom stereocenters. The molecule has 0 saturated carbocycles. The summed E-state index contributed by atoms with van der Waals surface area (Å²) in [6.45, 7) is 5.64. The van der Waals surface area contributed by atoms with Gasteiger partial charge in [0.2, 0.25) is 0 Å². The quantitative estimate of drug-likeness (QED) is 0.726. The van der Waals surface area contributed by atoms with E-state index in [9.17, 15) is 4.79 Å². The van der Waals surface area contributed by atoms with Gasteiger partial charge in [-0.2, -0.15) is 0 Å². The molecular formula is C21H23N3OS. The molecule has 0 spiro atoms.